The highest BCUT2D eigenvalue weighted by Crippen LogP contribution is 2.23. The third-order valence-electron chi connectivity index (χ3n) is 3.25. The van der Waals surface area contributed by atoms with Gasteiger partial charge in [0.15, 0.2) is 0 Å². The van der Waals surface area contributed by atoms with Crippen molar-refractivity contribution in [1.29, 1.82) is 0 Å². The molecule has 0 aliphatic carbocycles. The number of rotatable bonds is 3. The standard InChI is InChI=1S/C15H19NO3S2/c1-13-5-6-14(4-2-3-9-17)12-15(13)21(18,19)16-7-10-20-11-8-16/h5-6,12,17H,3,7-11H2,1H3. The Labute approximate surface area is 130 Å². The van der Waals surface area contributed by atoms with Crippen LogP contribution in [0.3, 0.4) is 0 Å². The van der Waals surface area contributed by atoms with Crippen LogP contribution in [0.15, 0.2) is 23.1 Å². The molecule has 0 bridgehead atoms. The van der Waals surface area contributed by atoms with Crippen LogP contribution in [0.1, 0.15) is 17.5 Å². The van der Waals surface area contributed by atoms with Crippen LogP contribution in [0.2, 0.25) is 0 Å². The molecule has 6 heteroatoms. The minimum atomic E-state index is -3.44. The van der Waals surface area contributed by atoms with Crippen LogP contribution >= 0.6 is 11.8 Å². The highest BCUT2D eigenvalue weighted by Gasteiger charge is 2.27. The minimum absolute atomic E-state index is 0.00939. The maximum absolute atomic E-state index is 12.7. The summed E-state index contributed by atoms with van der Waals surface area (Å²) in [6.07, 6.45) is 0.388. The number of thioether (sulfide) groups is 1. The highest BCUT2D eigenvalue weighted by molar-refractivity contribution is 7.99. The number of hydrogen-bond acceptors (Lipinski definition) is 4. The third kappa shape index (κ3) is 4.01. The summed E-state index contributed by atoms with van der Waals surface area (Å²) in [6, 6.07) is 5.23. The molecule has 0 unspecified atom stereocenters. The number of benzene rings is 1. The summed E-state index contributed by atoms with van der Waals surface area (Å²) in [5, 5.41) is 8.74. The fourth-order valence-corrected chi connectivity index (χ4v) is 4.93. The molecule has 1 fully saturated rings. The average molecular weight is 325 g/mol. The molecule has 0 atom stereocenters. The Morgan fingerprint density at radius 2 is 2.05 bits per heavy atom. The van der Waals surface area contributed by atoms with Gasteiger partial charge in [0.25, 0.3) is 0 Å². The largest absolute Gasteiger partial charge is 0.395 e. The number of sulfonamides is 1. The molecule has 0 radical (unpaired) electrons. The predicted octanol–water partition coefficient (Wildman–Crippen LogP) is 1.47. The van der Waals surface area contributed by atoms with Gasteiger partial charge in [-0.05, 0) is 24.6 Å². The molecule has 1 N–H and O–H groups in total. The van der Waals surface area contributed by atoms with E-state index in [9.17, 15) is 8.42 Å². The summed E-state index contributed by atoms with van der Waals surface area (Å²) in [6.45, 7) is 2.94. The Kier molecular flexibility index (Phi) is 5.71. The Morgan fingerprint density at radius 1 is 1.33 bits per heavy atom. The van der Waals surface area contributed by atoms with Gasteiger partial charge in [0, 0.05) is 36.6 Å². The van der Waals surface area contributed by atoms with Crippen LogP contribution in [0.25, 0.3) is 0 Å². The molecule has 1 aliphatic rings. The molecule has 1 aromatic rings. The van der Waals surface area contributed by atoms with E-state index in [0.29, 0.717) is 30.0 Å². The molecule has 4 nitrogen and oxygen atoms in total. The second kappa shape index (κ2) is 7.32. The first-order chi connectivity index (χ1) is 10.1. The number of hydrogen-bond donors (Lipinski definition) is 1. The first-order valence-electron chi connectivity index (χ1n) is 6.84. The number of aryl methyl sites for hydroxylation is 1. The van der Waals surface area contributed by atoms with Gasteiger partial charge < -0.3 is 5.11 Å². The Morgan fingerprint density at radius 3 is 2.71 bits per heavy atom. The van der Waals surface area contributed by atoms with E-state index in [-0.39, 0.29) is 6.61 Å². The SMILES string of the molecule is Cc1ccc(C#CCCO)cc1S(=O)(=O)N1CCSCC1. The molecule has 0 spiro atoms. The molecule has 1 aliphatic heterocycles. The van der Waals surface area contributed by atoms with Gasteiger partial charge in [-0.2, -0.15) is 16.1 Å². The summed E-state index contributed by atoms with van der Waals surface area (Å²) in [4.78, 5) is 0.338. The van der Waals surface area contributed by atoms with Crippen molar-refractivity contribution in [2.45, 2.75) is 18.2 Å². The lowest BCUT2D eigenvalue weighted by Gasteiger charge is -2.26. The van der Waals surface area contributed by atoms with Crippen LogP contribution < -0.4 is 0 Å². The summed E-state index contributed by atoms with van der Waals surface area (Å²) < 4.78 is 27.0. The van der Waals surface area contributed by atoms with Crippen LogP contribution in [0, 0.1) is 18.8 Å². The number of aliphatic hydroxyl groups excluding tert-OH is 1. The molecule has 0 aromatic heterocycles. The molecule has 21 heavy (non-hydrogen) atoms. The van der Waals surface area contributed by atoms with Crippen molar-refractivity contribution >= 4 is 21.8 Å². The third-order valence-corrected chi connectivity index (χ3v) is 6.23. The van der Waals surface area contributed by atoms with Crippen molar-refractivity contribution in [2.75, 3.05) is 31.2 Å². The van der Waals surface area contributed by atoms with Gasteiger partial charge in [-0.25, -0.2) is 8.42 Å². The summed E-state index contributed by atoms with van der Waals surface area (Å²) in [7, 11) is -3.44. The smallest absolute Gasteiger partial charge is 0.243 e. The normalized spacial score (nSPS) is 16.3. The van der Waals surface area contributed by atoms with Crippen molar-refractivity contribution in [3.63, 3.8) is 0 Å². The van der Waals surface area contributed by atoms with Crippen LogP contribution in [0.4, 0.5) is 0 Å². The van der Waals surface area contributed by atoms with Gasteiger partial charge in [-0.15, -0.1) is 0 Å². The lowest BCUT2D eigenvalue weighted by molar-refractivity contribution is 0.305. The summed E-state index contributed by atoms with van der Waals surface area (Å²) >= 11 is 1.78. The van der Waals surface area contributed by atoms with Crippen LogP contribution in [0.5, 0.6) is 0 Å². The molecular weight excluding hydrogens is 306 g/mol. The lowest BCUT2D eigenvalue weighted by Crippen LogP contribution is -2.38. The van der Waals surface area contributed by atoms with Gasteiger partial charge >= 0.3 is 0 Å². The second-order valence-corrected chi connectivity index (χ2v) is 7.90. The van der Waals surface area contributed by atoms with Crippen molar-refractivity contribution in [2.24, 2.45) is 0 Å². The molecule has 0 saturated carbocycles. The van der Waals surface area contributed by atoms with E-state index in [4.69, 9.17) is 5.11 Å². The van der Waals surface area contributed by atoms with Gasteiger partial charge in [0.05, 0.1) is 11.5 Å². The van der Waals surface area contributed by atoms with E-state index in [1.807, 2.05) is 6.07 Å². The van der Waals surface area contributed by atoms with Gasteiger partial charge in [0.2, 0.25) is 10.0 Å². The van der Waals surface area contributed by atoms with E-state index >= 15 is 0 Å². The quantitative estimate of drug-likeness (QED) is 0.855. The molecule has 114 valence electrons. The molecule has 1 aromatic carbocycles. The monoisotopic (exact) mass is 325 g/mol. The van der Waals surface area contributed by atoms with E-state index < -0.39 is 10.0 Å². The average Bonchev–Trinajstić information content (AvgIpc) is 2.50. The van der Waals surface area contributed by atoms with Crippen molar-refractivity contribution in [3.05, 3.63) is 29.3 Å². The van der Waals surface area contributed by atoms with Gasteiger partial charge in [-0.1, -0.05) is 17.9 Å². The van der Waals surface area contributed by atoms with E-state index in [1.165, 1.54) is 0 Å². The first kappa shape index (κ1) is 16.4. The topological polar surface area (TPSA) is 57.6 Å². The van der Waals surface area contributed by atoms with E-state index in [1.54, 1.807) is 35.1 Å². The Bertz CT molecular complexity index is 653. The number of aliphatic hydroxyl groups is 1. The van der Waals surface area contributed by atoms with Crippen LogP contribution in [-0.4, -0.2) is 49.0 Å². The zero-order valence-electron chi connectivity index (χ0n) is 12.0. The van der Waals surface area contributed by atoms with Crippen molar-refractivity contribution in [1.82, 2.24) is 4.31 Å². The van der Waals surface area contributed by atoms with Gasteiger partial charge in [-0.3, -0.25) is 0 Å². The first-order valence-corrected chi connectivity index (χ1v) is 9.43. The second-order valence-electron chi connectivity index (χ2n) is 4.77. The van der Waals surface area contributed by atoms with E-state index in [2.05, 4.69) is 11.8 Å². The molecule has 2 rings (SSSR count). The fraction of sp³-hybridized carbons (Fsp3) is 0.467. The molecule has 1 heterocycles. The zero-order chi connectivity index (χ0) is 15.3. The maximum Gasteiger partial charge on any atom is 0.243 e. The maximum atomic E-state index is 12.7. The molecule has 0 amide bonds. The van der Waals surface area contributed by atoms with Gasteiger partial charge in [0.1, 0.15) is 0 Å². The summed E-state index contributed by atoms with van der Waals surface area (Å²) in [5.41, 5.74) is 1.40. The highest BCUT2D eigenvalue weighted by atomic mass is 32.2. The Hall–Kier alpha value is -1.000. The van der Waals surface area contributed by atoms with E-state index in [0.717, 1.165) is 17.1 Å². The summed E-state index contributed by atoms with van der Waals surface area (Å²) in [5.74, 6) is 7.39. The molecule has 1 saturated heterocycles. The fourth-order valence-electron chi connectivity index (χ4n) is 2.10. The lowest BCUT2D eigenvalue weighted by atomic mass is 10.1. The van der Waals surface area contributed by atoms with Crippen molar-refractivity contribution in [3.8, 4) is 11.8 Å². The number of nitrogens with zero attached hydrogens (tertiary/aromatic N) is 1. The Balaban J connectivity index is 2.33. The minimum Gasteiger partial charge on any atom is -0.395 e. The predicted molar refractivity (Wildman–Crippen MR) is 85.8 cm³/mol. The zero-order valence-corrected chi connectivity index (χ0v) is 13.6. The van der Waals surface area contributed by atoms with Crippen LogP contribution in [-0.2, 0) is 10.0 Å². The van der Waals surface area contributed by atoms with Crippen molar-refractivity contribution < 1.29 is 13.5 Å². The molecular formula is C15H19NO3S2.